The second-order valence-electron chi connectivity index (χ2n) is 3.01. The fourth-order valence-electron chi connectivity index (χ4n) is 1.01. The lowest BCUT2D eigenvalue weighted by Crippen LogP contribution is -2.43. The molecule has 2 N–H and O–H groups in total. The summed E-state index contributed by atoms with van der Waals surface area (Å²) in [6.45, 7) is 3.00. The number of nitriles is 1. The van der Waals surface area contributed by atoms with Crippen LogP contribution < -0.4 is 5.73 Å². The lowest BCUT2D eigenvalue weighted by atomic mass is 10.3. The molecule has 0 spiro atoms. The SMILES string of the molecule is COCCN(CCC#N)C(=O)[C@H](C)N. The predicted octanol–water partition coefficient (Wildman–Crippen LogP) is -0.278. The van der Waals surface area contributed by atoms with E-state index in [0.29, 0.717) is 26.1 Å². The molecule has 0 heterocycles. The molecular weight excluding hydrogens is 182 g/mol. The van der Waals surface area contributed by atoms with Gasteiger partial charge in [0, 0.05) is 20.2 Å². The normalized spacial score (nSPS) is 11.9. The van der Waals surface area contributed by atoms with E-state index in [0.717, 1.165) is 0 Å². The van der Waals surface area contributed by atoms with Crippen LogP contribution in [0.1, 0.15) is 13.3 Å². The van der Waals surface area contributed by atoms with Crippen LogP contribution in [-0.2, 0) is 9.53 Å². The van der Waals surface area contributed by atoms with Crippen LogP contribution in [0, 0.1) is 11.3 Å². The Labute approximate surface area is 84.4 Å². The van der Waals surface area contributed by atoms with E-state index in [2.05, 4.69) is 0 Å². The third kappa shape index (κ3) is 4.80. The molecule has 0 saturated carbocycles. The quantitative estimate of drug-likeness (QED) is 0.638. The zero-order valence-electron chi connectivity index (χ0n) is 8.69. The number of carbonyl (C=O) groups excluding carboxylic acids is 1. The Morgan fingerprint density at radius 2 is 2.29 bits per heavy atom. The number of nitrogens with two attached hydrogens (primary N) is 1. The molecule has 0 aliphatic rings. The number of hydrogen-bond donors (Lipinski definition) is 1. The van der Waals surface area contributed by atoms with Gasteiger partial charge in [-0.05, 0) is 6.92 Å². The van der Waals surface area contributed by atoms with E-state index in [1.165, 1.54) is 0 Å². The van der Waals surface area contributed by atoms with Gasteiger partial charge in [-0.25, -0.2) is 0 Å². The standard InChI is InChI=1S/C9H17N3O2/c1-8(11)9(13)12(5-3-4-10)6-7-14-2/h8H,3,5-7,11H2,1-2H3/t8-/m0/s1. The van der Waals surface area contributed by atoms with Gasteiger partial charge in [0.1, 0.15) is 0 Å². The number of amides is 1. The van der Waals surface area contributed by atoms with Gasteiger partial charge in [-0.15, -0.1) is 0 Å². The molecule has 5 heteroatoms. The summed E-state index contributed by atoms with van der Waals surface area (Å²) in [6, 6.07) is 1.47. The summed E-state index contributed by atoms with van der Waals surface area (Å²) in [7, 11) is 1.57. The number of nitrogens with zero attached hydrogens (tertiary/aromatic N) is 2. The molecule has 0 bridgehead atoms. The Kier molecular flexibility index (Phi) is 6.72. The molecule has 1 amide bonds. The minimum absolute atomic E-state index is 0.141. The Bertz CT molecular complexity index is 211. The molecule has 0 unspecified atom stereocenters. The van der Waals surface area contributed by atoms with Gasteiger partial charge in [-0.3, -0.25) is 4.79 Å². The number of carbonyl (C=O) groups is 1. The summed E-state index contributed by atoms with van der Waals surface area (Å²) >= 11 is 0. The fourth-order valence-corrected chi connectivity index (χ4v) is 1.01. The largest absolute Gasteiger partial charge is 0.383 e. The molecule has 0 saturated heterocycles. The van der Waals surface area contributed by atoms with Crippen LogP contribution in [0.25, 0.3) is 0 Å². The van der Waals surface area contributed by atoms with Gasteiger partial charge in [0.25, 0.3) is 0 Å². The van der Waals surface area contributed by atoms with Crippen molar-refractivity contribution in [3.63, 3.8) is 0 Å². The minimum Gasteiger partial charge on any atom is -0.383 e. The highest BCUT2D eigenvalue weighted by atomic mass is 16.5. The van der Waals surface area contributed by atoms with E-state index >= 15 is 0 Å². The van der Waals surface area contributed by atoms with Crippen LogP contribution in [0.5, 0.6) is 0 Å². The van der Waals surface area contributed by atoms with Gasteiger partial charge in [0.05, 0.1) is 25.1 Å². The van der Waals surface area contributed by atoms with Crippen molar-refractivity contribution >= 4 is 5.91 Å². The zero-order valence-corrected chi connectivity index (χ0v) is 8.69. The molecule has 0 radical (unpaired) electrons. The maximum Gasteiger partial charge on any atom is 0.239 e. The van der Waals surface area contributed by atoms with Gasteiger partial charge >= 0.3 is 0 Å². The van der Waals surface area contributed by atoms with Gasteiger partial charge in [-0.2, -0.15) is 5.26 Å². The Morgan fingerprint density at radius 3 is 2.71 bits per heavy atom. The van der Waals surface area contributed by atoms with Gasteiger partial charge < -0.3 is 15.4 Å². The number of ether oxygens (including phenoxy) is 1. The van der Waals surface area contributed by atoms with Crippen molar-refractivity contribution in [3.05, 3.63) is 0 Å². The molecule has 80 valence electrons. The van der Waals surface area contributed by atoms with Crippen molar-refractivity contribution in [1.82, 2.24) is 4.90 Å². The molecule has 0 aromatic carbocycles. The molecule has 0 aliphatic carbocycles. The van der Waals surface area contributed by atoms with E-state index < -0.39 is 6.04 Å². The molecule has 1 atom stereocenters. The van der Waals surface area contributed by atoms with Crippen molar-refractivity contribution in [2.75, 3.05) is 26.8 Å². The summed E-state index contributed by atoms with van der Waals surface area (Å²) in [4.78, 5) is 13.0. The molecule has 0 rings (SSSR count). The first-order valence-electron chi connectivity index (χ1n) is 4.53. The van der Waals surface area contributed by atoms with Crippen molar-refractivity contribution in [1.29, 1.82) is 5.26 Å². The smallest absolute Gasteiger partial charge is 0.239 e. The summed E-state index contributed by atoms with van der Waals surface area (Å²) in [5.41, 5.74) is 5.47. The Morgan fingerprint density at radius 1 is 1.64 bits per heavy atom. The topological polar surface area (TPSA) is 79.3 Å². The first-order valence-corrected chi connectivity index (χ1v) is 4.53. The van der Waals surface area contributed by atoms with E-state index in [1.54, 1.807) is 18.9 Å². The molecule has 0 aromatic heterocycles. The van der Waals surface area contributed by atoms with Crippen LogP contribution in [0.2, 0.25) is 0 Å². The highest BCUT2D eigenvalue weighted by Gasteiger charge is 2.16. The van der Waals surface area contributed by atoms with Crippen molar-refractivity contribution in [2.45, 2.75) is 19.4 Å². The van der Waals surface area contributed by atoms with Crippen molar-refractivity contribution in [2.24, 2.45) is 5.73 Å². The van der Waals surface area contributed by atoms with E-state index in [1.807, 2.05) is 6.07 Å². The first kappa shape index (κ1) is 12.9. The number of hydrogen-bond acceptors (Lipinski definition) is 4. The second-order valence-corrected chi connectivity index (χ2v) is 3.01. The van der Waals surface area contributed by atoms with E-state index in [4.69, 9.17) is 15.7 Å². The minimum atomic E-state index is -0.523. The molecule has 14 heavy (non-hydrogen) atoms. The zero-order chi connectivity index (χ0) is 11.0. The van der Waals surface area contributed by atoms with Crippen LogP contribution in [-0.4, -0.2) is 43.7 Å². The fraction of sp³-hybridized carbons (Fsp3) is 0.778. The third-order valence-electron chi connectivity index (χ3n) is 1.76. The average Bonchev–Trinajstić information content (AvgIpc) is 2.17. The highest BCUT2D eigenvalue weighted by Crippen LogP contribution is 1.95. The average molecular weight is 199 g/mol. The number of rotatable bonds is 6. The molecular formula is C9H17N3O2. The van der Waals surface area contributed by atoms with Crippen LogP contribution in [0.3, 0.4) is 0 Å². The first-order chi connectivity index (χ1) is 6.63. The lowest BCUT2D eigenvalue weighted by molar-refractivity contribution is -0.132. The molecule has 5 nitrogen and oxygen atoms in total. The molecule has 0 aromatic rings. The van der Waals surface area contributed by atoms with Gasteiger partial charge in [-0.1, -0.05) is 0 Å². The van der Waals surface area contributed by atoms with Gasteiger partial charge in [0.15, 0.2) is 0 Å². The summed E-state index contributed by atoms with van der Waals surface area (Å²) in [6.07, 6.45) is 0.322. The van der Waals surface area contributed by atoms with Crippen molar-refractivity contribution < 1.29 is 9.53 Å². The predicted molar refractivity (Wildman–Crippen MR) is 52.3 cm³/mol. The summed E-state index contributed by atoms with van der Waals surface area (Å²) in [5.74, 6) is -0.141. The Hall–Kier alpha value is -1.12. The number of methoxy groups -OCH3 is 1. The van der Waals surface area contributed by atoms with Crippen molar-refractivity contribution in [3.8, 4) is 6.07 Å². The summed E-state index contributed by atoms with van der Waals surface area (Å²) < 4.78 is 4.86. The molecule has 0 aliphatic heterocycles. The van der Waals surface area contributed by atoms with E-state index in [-0.39, 0.29) is 5.91 Å². The monoisotopic (exact) mass is 199 g/mol. The van der Waals surface area contributed by atoms with Gasteiger partial charge in [0.2, 0.25) is 5.91 Å². The highest BCUT2D eigenvalue weighted by molar-refractivity contribution is 5.81. The Balaban J connectivity index is 4.09. The second kappa shape index (κ2) is 7.30. The maximum absolute atomic E-state index is 11.5. The van der Waals surface area contributed by atoms with Crippen LogP contribution in [0.4, 0.5) is 0 Å². The maximum atomic E-state index is 11.5. The van der Waals surface area contributed by atoms with Crippen LogP contribution in [0.15, 0.2) is 0 Å². The van der Waals surface area contributed by atoms with Crippen LogP contribution >= 0.6 is 0 Å². The summed E-state index contributed by atoms with van der Waals surface area (Å²) in [5, 5.41) is 8.41. The lowest BCUT2D eigenvalue weighted by Gasteiger charge is -2.22. The third-order valence-corrected chi connectivity index (χ3v) is 1.76. The van der Waals surface area contributed by atoms with E-state index in [9.17, 15) is 4.79 Å². The molecule has 0 fully saturated rings.